The van der Waals surface area contributed by atoms with Crippen molar-refractivity contribution in [3.8, 4) is 0 Å². The van der Waals surface area contributed by atoms with E-state index in [0.29, 0.717) is 5.02 Å². The summed E-state index contributed by atoms with van der Waals surface area (Å²) in [5.41, 5.74) is 4.62. The zero-order valence-electron chi connectivity index (χ0n) is 10.9. The highest BCUT2D eigenvalue weighted by Crippen LogP contribution is 2.30. The van der Waals surface area contributed by atoms with Gasteiger partial charge in [-0.1, -0.05) is 17.7 Å². The molecule has 0 aliphatic heterocycles. The van der Waals surface area contributed by atoms with Crippen molar-refractivity contribution in [1.82, 2.24) is 9.97 Å². The van der Waals surface area contributed by atoms with Gasteiger partial charge in [0.1, 0.15) is 5.82 Å². The van der Waals surface area contributed by atoms with Crippen LogP contribution in [0.2, 0.25) is 5.02 Å². The van der Waals surface area contributed by atoms with Crippen LogP contribution in [0.25, 0.3) is 10.9 Å². The lowest BCUT2D eigenvalue weighted by Gasteiger charge is -2.09. The van der Waals surface area contributed by atoms with Crippen molar-refractivity contribution in [1.29, 1.82) is 0 Å². The molecule has 0 atom stereocenters. The molecule has 0 spiro atoms. The highest BCUT2D eigenvalue weighted by atomic mass is 35.5. The first-order chi connectivity index (χ1) is 9.79. The van der Waals surface area contributed by atoms with Gasteiger partial charge in [0.25, 0.3) is 0 Å². The lowest BCUT2D eigenvalue weighted by atomic mass is 10.2. The lowest BCUT2D eigenvalue weighted by molar-refractivity contribution is 0.900. The fourth-order valence-electron chi connectivity index (χ4n) is 2.86. The topological polar surface area (TPSA) is 40.7 Å². The number of aryl methyl sites for hydroxylation is 2. The van der Waals surface area contributed by atoms with Crippen LogP contribution in [-0.4, -0.2) is 9.97 Å². The average Bonchev–Trinajstić information content (AvgIpc) is 3.05. The van der Waals surface area contributed by atoms with Crippen LogP contribution >= 0.6 is 11.6 Å². The van der Waals surface area contributed by atoms with E-state index in [0.717, 1.165) is 35.2 Å². The molecule has 3 nitrogen and oxygen atoms in total. The number of benzene rings is 1. The van der Waals surface area contributed by atoms with Gasteiger partial charge in [0, 0.05) is 27.8 Å². The van der Waals surface area contributed by atoms with E-state index in [2.05, 4.69) is 16.4 Å². The van der Waals surface area contributed by atoms with Crippen molar-refractivity contribution in [2.24, 2.45) is 0 Å². The van der Waals surface area contributed by atoms with Gasteiger partial charge in [0.2, 0.25) is 0 Å². The number of aromatic amines is 1. The Kier molecular flexibility index (Phi) is 2.67. The number of halogens is 1. The molecule has 2 aromatic heterocycles. The molecule has 4 rings (SSSR count). The molecule has 4 heteroatoms. The van der Waals surface area contributed by atoms with Gasteiger partial charge in [-0.15, -0.1) is 0 Å². The predicted octanol–water partition coefficient (Wildman–Crippen LogP) is 4.45. The summed E-state index contributed by atoms with van der Waals surface area (Å²) < 4.78 is 0. The van der Waals surface area contributed by atoms with Gasteiger partial charge in [-0.2, -0.15) is 0 Å². The van der Waals surface area contributed by atoms with Gasteiger partial charge in [-0.05, 0) is 49.1 Å². The Balaban J connectivity index is 1.75. The van der Waals surface area contributed by atoms with Crippen LogP contribution in [0.4, 0.5) is 11.5 Å². The summed E-state index contributed by atoms with van der Waals surface area (Å²) in [5, 5.41) is 5.22. The maximum absolute atomic E-state index is 6.16. The van der Waals surface area contributed by atoms with Crippen molar-refractivity contribution in [2.75, 3.05) is 5.32 Å². The Morgan fingerprint density at radius 3 is 3.05 bits per heavy atom. The van der Waals surface area contributed by atoms with Crippen LogP contribution in [0.3, 0.4) is 0 Å². The summed E-state index contributed by atoms with van der Waals surface area (Å²) >= 11 is 6.16. The first-order valence-electron chi connectivity index (χ1n) is 6.82. The summed E-state index contributed by atoms with van der Waals surface area (Å²) in [6.45, 7) is 0. The summed E-state index contributed by atoms with van der Waals surface area (Å²) in [6, 6.07) is 10.1. The first kappa shape index (κ1) is 11.8. The van der Waals surface area contributed by atoms with Gasteiger partial charge in [0.15, 0.2) is 0 Å². The molecule has 2 heterocycles. The third kappa shape index (κ3) is 1.95. The van der Waals surface area contributed by atoms with E-state index in [9.17, 15) is 0 Å². The quantitative estimate of drug-likeness (QED) is 0.729. The molecular formula is C16H14ClN3. The summed E-state index contributed by atoms with van der Waals surface area (Å²) in [4.78, 5) is 7.89. The minimum Gasteiger partial charge on any atom is -0.361 e. The summed E-state index contributed by atoms with van der Waals surface area (Å²) in [7, 11) is 0. The van der Waals surface area contributed by atoms with Crippen LogP contribution in [0.15, 0.2) is 36.5 Å². The van der Waals surface area contributed by atoms with Crippen molar-refractivity contribution in [3.05, 3.63) is 52.8 Å². The molecule has 100 valence electrons. The molecule has 0 radical (unpaired) electrons. The number of hydrogen-bond acceptors (Lipinski definition) is 2. The molecule has 1 aromatic carbocycles. The Hall–Kier alpha value is -2.00. The van der Waals surface area contributed by atoms with Crippen LogP contribution in [-0.2, 0) is 12.8 Å². The van der Waals surface area contributed by atoms with E-state index < -0.39 is 0 Å². The van der Waals surface area contributed by atoms with Crippen LogP contribution < -0.4 is 5.32 Å². The van der Waals surface area contributed by atoms with Crippen LogP contribution in [0, 0.1) is 0 Å². The lowest BCUT2D eigenvalue weighted by Crippen LogP contribution is -1.97. The Morgan fingerprint density at radius 2 is 2.10 bits per heavy atom. The van der Waals surface area contributed by atoms with Crippen molar-refractivity contribution < 1.29 is 0 Å². The maximum Gasteiger partial charge on any atom is 0.130 e. The molecular weight excluding hydrogens is 270 g/mol. The Bertz CT molecular complexity index is 792. The van der Waals surface area contributed by atoms with Crippen LogP contribution in [0.5, 0.6) is 0 Å². The van der Waals surface area contributed by atoms with Gasteiger partial charge in [0.05, 0.1) is 5.69 Å². The molecule has 0 saturated carbocycles. The second-order valence-electron chi connectivity index (χ2n) is 5.17. The molecule has 2 N–H and O–H groups in total. The molecule has 20 heavy (non-hydrogen) atoms. The summed E-state index contributed by atoms with van der Waals surface area (Å²) in [5.74, 6) is 0.885. The number of anilines is 2. The third-order valence-corrected chi connectivity index (χ3v) is 4.04. The summed E-state index contributed by atoms with van der Waals surface area (Å²) in [6.07, 6.45) is 5.37. The number of hydrogen-bond donors (Lipinski definition) is 2. The fourth-order valence-corrected chi connectivity index (χ4v) is 3.08. The highest BCUT2D eigenvalue weighted by molar-refractivity contribution is 6.31. The second-order valence-corrected chi connectivity index (χ2v) is 5.61. The Morgan fingerprint density at radius 1 is 1.15 bits per heavy atom. The molecule has 1 aliphatic carbocycles. The van der Waals surface area contributed by atoms with Gasteiger partial charge >= 0.3 is 0 Å². The van der Waals surface area contributed by atoms with Gasteiger partial charge < -0.3 is 10.3 Å². The van der Waals surface area contributed by atoms with Gasteiger partial charge in [-0.3, -0.25) is 0 Å². The zero-order valence-corrected chi connectivity index (χ0v) is 11.7. The number of H-pyrrole nitrogens is 1. The highest BCUT2D eigenvalue weighted by Gasteiger charge is 2.13. The normalized spacial score (nSPS) is 13.7. The Labute approximate surface area is 122 Å². The van der Waals surface area contributed by atoms with Crippen molar-refractivity contribution >= 4 is 34.0 Å². The third-order valence-electron chi connectivity index (χ3n) is 3.82. The zero-order chi connectivity index (χ0) is 13.5. The van der Waals surface area contributed by atoms with E-state index in [-0.39, 0.29) is 0 Å². The van der Waals surface area contributed by atoms with Crippen molar-refractivity contribution in [2.45, 2.75) is 19.3 Å². The second kappa shape index (κ2) is 4.53. The SMILES string of the molecule is Clc1cc(Nc2ccc3c(n2)CCC3)c2cc[nH]c2c1. The molecule has 0 amide bonds. The smallest absolute Gasteiger partial charge is 0.130 e. The number of pyridine rings is 1. The van der Waals surface area contributed by atoms with Gasteiger partial charge in [-0.25, -0.2) is 4.98 Å². The minimum atomic E-state index is 0.712. The van der Waals surface area contributed by atoms with Crippen LogP contribution in [0.1, 0.15) is 17.7 Å². The average molecular weight is 284 g/mol. The van der Waals surface area contributed by atoms with E-state index in [1.807, 2.05) is 30.5 Å². The molecule has 0 fully saturated rings. The molecule has 1 aliphatic rings. The van der Waals surface area contributed by atoms with E-state index >= 15 is 0 Å². The number of fused-ring (bicyclic) bond motifs is 2. The number of nitrogens with zero attached hydrogens (tertiary/aromatic N) is 1. The minimum absolute atomic E-state index is 0.712. The van der Waals surface area contributed by atoms with Crippen molar-refractivity contribution in [3.63, 3.8) is 0 Å². The monoisotopic (exact) mass is 283 g/mol. The number of rotatable bonds is 2. The van der Waals surface area contributed by atoms with E-state index in [1.165, 1.54) is 17.7 Å². The first-order valence-corrected chi connectivity index (χ1v) is 7.20. The van der Waals surface area contributed by atoms with E-state index in [4.69, 9.17) is 16.6 Å². The number of aromatic nitrogens is 2. The maximum atomic E-state index is 6.16. The predicted molar refractivity (Wildman–Crippen MR) is 82.9 cm³/mol. The largest absolute Gasteiger partial charge is 0.361 e. The fraction of sp³-hybridized carbons (Fsp3) is 0.188. The standard InChI is InChI=1S/C16H14ClN3/c17-11-8-14-12(6-7-18-14)15(9-11)20-16-5-4-10-2-1-3-13(10)19-16/h4-9,18H,1-3H2,(H,19,20). The molecule has 3 aromatic rings. The molecule has 0 unspecified atom stereocenters. The number of nitrogens with one attached hydrogen (secondary N) is 2. The van der Waals surface area contributed by atoms with E-state index in [1.54, 1.807) is 0 Å². The molecule has 0 bridgehead atoms. The molecule has 0 saturated heterocycles.